The van der Waals surface area contributed by atoms with Gasteiger partial charge in [0.2, 0.25) is 5.91 Å². The highest BCUT2D eigenvalue weighted by Gasteiger charge is 2.17. The van der Waals surface area contributed by atoms with E-state index in [1.54, 1.807) is 30.1 Å². The van der Waals surface area contributed by atoms with Gasteiger partial charge in [-0.3, -0.25) is 9.48 Å². The molecule has 2 N–H and O–H groups in total. The van der Waals surface area contributed by atoms with Gasteiger partial charge in [0, 0.05) is 30.7 Å². The number of benzene rings is 2. The molecular formula is C21H22FN3O5. The second-order valence-corrected chi connectivity index (χ2v) is 6.94. The van der Waals surface area contributed by atoms with Gasteiger partial charge in [-0.1, -0.05) is 0 Å². The van der Waals surface area contributed by atoms with E-state index < -0.39 is 11.7 Å². The van der Waals surface area contributed by atoms with Crippen LogP contribution >= 0.6 is 0 Å². The molecule has 1 aromatic heterocycles. The summed E-state index contributed by atoms with van der Waals surface area (Å²) in [4.78, 5) is 11.6. The standard InChI is InChI=1S/C21H22FN3O5/c1-25-20-14(11-24-25)8-13(21(23)26)9-19(20)30-18-3-2-15(10-17(18)22)28-6-7-29-16-4-5-27-12-16/h2-3,8-11,16H,4-7,12H2,1H3,(H2,23,26)/t16-/m0/s1. The van der Waals surface area contributed by atoms with Crippen LogP contribution < -0.4 is 15.2 Å². The molecule has 158 valence electrons. The van der Waals surface area contributed by atoms with Crippen molar-refractivity contribution >= 4 is 16.8 Å². The van der Waals surface area contributed by atoms with Crippen LogP contribution in [0.4, 0.5) is 4.39 Å². The van der Waals surface area contributed by atoms with Crippen molar-refractivity contribution in [3.05, 3.63) is 47.9 Å². The van der Waals surface area contributed by atoms with E-state index in [-0.39, 0.29) is 23.2 Å². The summed E-state index contributed by atoms with van der Waals surface area (Å²) in [6, 6.07) is 7.40. The first-order valence-corrected chi connectivity index (χ1v) is 9.56. The predicted molar refractivity (Wildman–Crippen MR) is 106 cm³/mol. The molecule has 9 heteroatoms. The molecule has 1 aliphatic rings. The van der Waals surface area contributed by atoms with E-state index in [1.807, 2.05) is 0 Å². The van der Waals surface area contributed by atoms with Crippen LogP contribution in [-0.2, 0) is 16.5 Å². The van der Waals surface area contributed by atoms with Gasteiger partial charge in [0.05, 0.1) is 25.5 Å². The maximum Gasteiger partial charge on any atom is 0.248 e. The Labute approximate surface area is 172 Å². The number of ether oxygens (including phenoxy) is 4. The average molecular weight is 415 g/mol. The summed E-state index contributed by atoms with van der Waals surface area (Å²) in [5.74, 6) is -0.576. The van der Waals surface area contributed by atoms with Crippen LogP contribution in [0.5, 0.6) is 17.2 Å². The van der Waals surface area contributed by atoms with Gasteiger partial charge in [-0.05, 0) is 30.7 Å². The van der Waals surface area contributed by atoms with Crippen LogP contribution in [0.1, 0.15) is 16.8 Å². The highest BCUT2D eigenvalue weighted by molar-refractivity contribution is 5.99. The molecular weight excluding hydrogens is 393 g/mol. The third kappa shape index (κ3) is 4.37. The van der Waals surface area contributed by atoms with E-state index in [1.165, 1.54) is 18.2 Å². The van der Waals surface area contributed by atoms with Crippen LogP contribution in [0.2, 0.25) is 0 Å². The van der Waals surface area contributed by atoms with Crippen molar-refractivity contribution in [1.82, 2.24) is 9.78 Å². The summed E-state index contributed by atoms with van der Waals surface area (Å²) < 4.78 is 38.4. The largest absolute Gasteiger partial charge is 0.491 e. The second-order valence-electron chi connectivity index (χ2n) is 6.94. The van der Waals surface area contributed by atoms with Gasteiger partial charge in [0.15, 0.2) is 17.3 Å². The molecule has 1 aliphatic heterocycles. The van der Waals surface area contributed by atoms with E-state index in [0.29, 0.717) is 43.1 Å². The summed E-state index contributed by atoms with van der Waals surface area (Å²) in [7, 11) is 1.73. The SMILES string of the molecule is Cn1ncc2cc(C(N)=O)cc(Oc3ccc(OCCO[C@H]4CCOC4)cc3F)c21. The van der Waals surface area contributed by atoms with Crippen molar-refractivity contribution in [2.45, 2.75) is 12.5 Å². The Morgan fingerprint density at radius 2 is 2.17 bits per heavy atom. The first kappa shape index (κ1) is 20.1. The number of aryl methyl sites for hydroxylation is 1. The number of nitrogens with zero attached hydrogens (tertiary/aromatic N) is 2. The minimum atomic E-state index is -0.610. The maximum absolute atomic E-state index is 14.6. The number of carbonyl (C=O) groups is 1. The number of aromatic nitrogens is 2. The van der Waals surface area contributed by atoms with Gasteiger partial charge >= 0.3 is 0 Å². The minimum absolute atomic E-state index is 0.00850. The Bertz CT molecular complexity index is 1060. The maximum atomic E-state index is 14.6. The lowest BCUT2D eigenvalue weighted by Gasteiger charge is -2.13. The van der Waals surface area contributed by atoms with Crippen LogP contribution in [0.25, 0.3) is 10.9 Å². The highest BCUT2D eigenvalue weighted by atomic mass is 19.1. The summed E-state index contributed by atoms with van der Waals surface area (Å²) in [5, 5.41) is 4.82. The average Bonchev–Trinajstić information content (AvgIpc) is 3.37. The number of fused-ring (bicyclic) bond motifs is 1. The van der Waals surface area contributed by atoms with Gasteiger partial charge in [-0.15, -0.1) is 0 Å². The highest BCUT2D eigenvalue weighted by Crippen LogP contribution is 2.33. The monoisotopic (exact) mass is 415 g/mol. The van der Waals surface area contributed by atoms with E-state index in [0.717, 1.165) is 6.42 Å². The number of hydrogen-bond acceptors (Lipinski definition) is 6. The zero-order valence-corrected chi connectivity index (χ0v) is 16.5. The molecule has 1 amide bonds. The van der Waals surface area contributed by atoms with Crippen LogP contribution in [0.3, 0.4) is 0 Å². The van der Waals surface area contributed by atoms with Gasteiger partial charge in [0.25, 0.3) is 0 Å². The Kier molecular flexibility index (Phi) is 5.82. The zero-order chi connectivity index (χ0) is 21.1. The molecule has 0 radical (unpaired) electrons. The van der Waals surface area contributed by atoms with Crippen molar-refractivity contribution in [3.63, 3.8) is 0 Å². The van der Waals surface area contributed by atoms with Gasteiger partial charge in [0.1, 0.15) is 17.9 Å². The summed E-state index contributed by atoms with van der Waals surface area (Å²) in [6.45, 7) is 2.01. The van der Waals surface area contributed by atoms with E-state index in [9.17, 15) is 9.18 Å². The Morgan fingerprint density at radius 3 is 2.90 bits per heavy atom. The molecule has 0 bridgehead atoms. The molecule has 3 aromatic rings. The molecule has 0 unspecified atom stereocenters. The second kappa shape index (κ2) is 8.68. The Morgan fingerprint density at radius 1 is 1.30 bits per heavy atom. The van der Waals surface area contributed by atoms with Gasteiger partial charge in [-0.2, -0.15) is 5.10 Å². The third-order valence-electron chi connectivity index (χ3n) is 4.80. The number of amides is 1. The van der Waals surface area contributed by atoms with Crippen molar-refractivity contribution < 1.29 is 28.1 Å². The molecule has 1 atom stereocenters. The number of hydrogen-bond donors (Lipinski definition) is 1. The Balaban J connectivity index is 1.46. The Hall–Kier alpha value is -3.17. The van der Waals surface area contributed by atoms with Gasteiger partial charge < -0.3 is 24.7 Å². The number of nitrogens with two attached hydrogens (primary N) is 1. The van der Waals surface area contributed by atoms with Crippen LogP contribution in [-0.4, -0.2) is 48.2 Å². The molecule has 1 saturated heterocycles. The zero-order valence-electron chi connectivity index (χ0n) is 16.5. The van der Waals surface area contributed by atoms with Crippen LogP contribution in [0.15, 0.2) is 36.5 Å². The topological polar surface area (TPSA) is 97.8 Å². The number of halogens is 1. The third-order valence-corrected chi connectivity index (χ3v) is 4.80. The molecule has 0 saturated carbocycles. The van der Waals surface area contributed by atoms with Crippen molar-refractivity contribution in [1.29, 1.82) is 0 Å². The summed E-state index contributed by atoms with van der Waals surface area (Å²) in [6.07, 6.45) is 2.56. The summed E-state index contributed by atoms with van der Waals surface area (Å²) in [5.41, 5.74) is 6.26. The smallest absolute Gasteiger partial charge is 0.248 e. The number of primary amides is 1. The molecule has 4 rings (SSSR count). The van der Waals surface area contributed by atoms with Crippen molar-refractivity contribution in [2.75, 3.05) is 26.4 Å². The van der Waals surface area contributed by atoms with E-state index in [4.69, 9.17) is 24.7 Å². The fraction of sp³-hybridized carbons (Fsp3) is 0.333. The molecule has 30 heavy (non-hydrogen) atoms. The predicted octanol–water partition coefficient (Wildman–Crippen LogP) is 2.79. The summed E-state index contributed by atoms with van der Waals surface area (Å²) >= 11 is 0. The molecule has 2 heterocycles. The first-order valence-electron chi connectivity index (χ1n) is 9.56. The number of rotatable bonds is 8. The molecule has 2 aromatic carbocycles. The van der Waals surface area contributed by atoms with Crippen LogP contribution in [0, 0.1) is 5.82 Å². The lowest BCUT2D eigenvalue weighted by atomic mass is 10.1. The fourth-order valence-corrected chi connectivity index (χ4v) is 3.29. The normalized spacial score (nSPS) is 16.1. The van der Waals surface area contributed by atoms with Crippen molar-refractivity contribution in [2.24, 2.45) is 12.8 Å². The van der Waals surface area contributed by atoms with Crippen molar-refractivity contribution in [3.8, 4) is 17.2 Å². The molecule has 1 fully saturated rings. The molecule has 8 nitrogen and oxygen atoms in total. The minimum Gasteiger partial charge on any atom is -0.491 e. The van der Waals surface area contributed by atoms with E-state index >= 15 is 0 Å². The van der Waals surface area contributed by atoms with Gasteiger partial charge in [-0.25, -0.2) is 4.39 Å². The first-order chi connectivity index (χ1) is 14.5. The quantitative estimate of drug-likeness (QED) is 0.568. The molecule has 0 spiro atoms. The number of carbonyl (C=O) groups excluding carboxylic acids is 1. The fourth-order valence-electron chi connectivity index (χ4n) is 3.29. The van der Waals surface area contributed by atoms with E-state index in [2.05, 4.69) is 5.10 Å². The lowest BCUT2D eigenvalue weighted by Crippen LogP contribution is -2.17. The molecule has 0 aliphatic carbocycles. The lowest BCUT2D eigenvalue weighted by molar-refractivity contribution is 0.0265.